The maximum atomic E-state index is 14.4. The third-order valence-electron chi connectivity index (χ3n) is 5.19. The molecule has 0 amide bonds. The molecule has 26 heavy (non-hydrogen) atoms. The molecule has 0 bridgehead atoms. The Labute approximate surface area is 151 Å². The first kappa shape index (κ1) is 21.1. The minimum atomic E-state index is -3.80. The highest BCUT2D eigenvalue weighted by molar-refractivity contribution is 5.30. The van der Waals surface area contributed by atoms with Crippen LogP contribution in [0.25, 0.3) is 0 Å². The van der Waals surface area contributed by atoms with Gasteiger partial charge in [0.15, 0.2) is 11.6 Å². The van der Waals surface area contributed by atoms with Gasteiger partial charge in [-0.3, -0.25) is 0 Å². The predicted molar refractivity (Wildman–Crippen MR) is 89.9 cm³/mol. The summed E-state index contributed by atoms with van der Waals surface area (Å²) in [6.45, 7) is 2.50. The van der Waals surface area contributed by atoms with Crippen molar-refractivity contribution in [1.29, 1.82) is 0 Å². The minimum absolute atomic E-state index is 0.118. The van der Waals surface area contributed by atoms with E-state index in [9.17, 15) is 26.3 Å². The van der Waals surface area contributed by atoms with Crippen LogP contribution in [0.1, 0.15) is 75.8 Å². The van der Waals surface area contributed by atoms with E-state index in [1.54, 1.807) is 0 Å². The third-order valence-corrected chi connectivity index (χ3v) is 5.19. The summed E-state index contributed by atoms with van der Waals surface area (Å²) in [6.07, 6.45) is 2.69. The highest BCUT2D eigenvalue weighted by atomic mass is 19.3. The lowest BCUT2D eigenvalue weighted by molar-refractivity contribution is -0.100. The van der Waals surface area contributed by atoms with Crippen molar-refractivity contribution >= 4 is 0 Å². The summed E-state index contributed by atoms with van der Waals surface area (Å²) in [5.41, 5.74) is -0.342. The standard InChI is InChI=1S/C20H26F6/c1-3-4-13-5-7-14(8-6-13)16-10-9-15(17(21)18(16)22)11-20(25,26)12-19(2,23)24/h9-10,13-14H,3-8,11-12H2,1-2H3. The van der Waals surface area contributed by atoms with Gasteiger partial charge in [0.25, 0.3) is 11.8 Å². The predicted octanol–water partition coefficient (Wildman–Crippen LogP) is 7.26. The van der Waals surface area contributed by atoms with Gasteiger partial charge in [-0.1, -0.05) is 31.9 Å². The first-order valence-electron chi connectivity index (χ1n) is 9.25. The Bertz CT molecular complexity index is 597. The lowest BCUT2D eigenvalue weighted by atomic mass is 9.77. The summed E-state index contributed by atoms with van der Waals surface area (Å²) in [4.78, 5) is 0. The summed E-state index contributed by atoms with van der Waals surface area (Å²) in [5, 5.41) is 0. The van der Waals surface area contributed by atoms with E-state index in [2.05, 4.69) is 6.92 Å². The molecule has 6 heteroatoms. The Kier molecular flexibility index (Phi) is 6.67. The highest BCUT2D eigenvalue weighted by Crippen LogP contribution is 2.40. The highest BCUT2D eigenvalue weighted by Gasteiger charge is 2.41. The van der Waals surface area contributed by atoms with Crippen LogP contribution in [0, 0.1) is 17.6 Å². The van der Waals surface area contributed by atoms with Crippen LogP contribution in [0.4, 0.5) is 26.3 Å². The molecule has 0 heterocycles. The number of alkyl halides is 4. The van der Waals surface area contributed by atoms with E-state index in [0.29, 0.717) is 12.8 Å². The van der Waals surface area contributed by atoms with Gasteiger partial charge in [0.05, 0.1) is 6.42 Å². The van der Waals surface area contributed by atoms with Gasteiger partial charge >= 0.3 is 0 Å². The summed E-state index contributed by atoms with van der Waals surface area (Å²) in [6, 6.07) is 2.46. The average Bonchev–Trinajstić information content (AvgIpc) is 2.51. The van der Waals surface area contributed by atoms with Crippen LogP contribution in [0.5, 0.6) is 0 Å². The van der Waals surface area contributed by atoms with E-state index >= 15 is 0 Å². The van der Waals surface area contributed by atoms with Crippen molar-refractivity contribution in [3.63, 3.8) is 0 Å². The second-order valence-electron chi connectivity index (χ2n) is 7.73. The summed E-state index contributed by atoms with van der Waals surface area (Å²) >= 11 is 0. The van der Waals surface area contributed by atoms with Crippen molar-refractivity contribution in [1.82, 2.24) is 0 Å². The molecule has 0 saturated heterocycles. The molecule has 0 spiro atoms. The van der Waals surface area contributed by atoms with Gasteiger partial charge in [0.1, 0.15) is 0 Å². The molecule has 1 aromatic carbocycles. The maximum absolute atomic E-state index is 14.4. The van der Waals surface area contributed by atoms with Crippen LogP contribution >= 0.6 is 0 Å². The Balaban J connectivity index is 2.11. The van der Waals surface area contributed by atoms with Gasteiger partial charge in [0.2, 0.25) is 0 Å². The van der Waals surface area contributed by atoms with E-state index in [0.717, 1.165) is 44.6 Å². The van der Waals surface area contributed by atoms with Crippen molar-refractivity contribution in [2.45, 2.75) is 83.0 Å². The van der Waals surface area contributed by atoms with Crippen LogP contribution in [-0.2, 0) is 6.42 Å². The van der Waals surface area contributed by atoms with Crippen LogP contribution in [0.15, 0.2) is 12.1 Å². The van der Waals surface area contributed by atoms with Crippen LogP contribution in [0.2, 0.25) is 0 Å². The molecule has 1 aliphatic carbocycles. The van der Waals surface area contributed by atoms with Gasteiger partial charge in [-0.25, -0.2) is 26.3 Å². The topological polar surface area (TPSA) is 0 Å². The monoisotopic (exact) mass is 380 g/mol. The van der Waals surface area contributed by atoms with Crippen LogP contribution < -0.4 is 0 Å². The molecule has 1 aliphatic rings. The van der Waals surface area contributed by atoms with Gasteiger partial charge in [-0.15, -0.1) is 0 Å². The first-order chi connectivity index (χ1) is 12.0. The molecule has 148 valence electrons. The fourth-order valence-electron chi connectivity index (χ4n) is 4.02. The molecule has 1 fully saturated rings. The SMILES string of the molecule is CCCC1CCC(c2ccc(CC(F)(F)CC(C)(F)F)c(F)c2F)CC1. The van der Waals surface area contributed by atoms with Crippen LogP contribution in [-0.4, -0.2) is 11.8 Å². The zero-order chi connectivity index (χ0) is 19.5. The third kappa shape index (κ3) is 5.65. The maximum Gasteiger partial charge on any atom is 0.257 e. The quantitative estimate of drug-likeness (QED) is 0.437. The molecule has 0 aromatic heterocycles. The summed E-state index contributed by atoms with van der Waals surface area (Å²) in [5.74, 6) is -9.33. The normalized spacial score (nSPS) is 21.8. The van der Waals surface area contributed by atoms with E-state index < -0.39 is 41.9 Å². The van der Waals surface area contributed by atoms with E-state index in [1.807, 2.05) is 0 Å². The van der Waals surface area contributed by atoms with Crippen molar-refractivity contribution < 1.29 is 26.3 Å². The molecular weight excluding hydrogens is 354 g/mol. The summed E-state index contributed by atoms with van der Waals surface area (Å²) in [7, 11) is 0. The number of hydrogen-bond acceptors (Lipinski definition) is 0. The number of rotatable bonds is 7. The lowest BCUT2D eigenvalue weighted by Gasteiger charge is -2.29. The fourth-order valence-corrected chi connectivity index (χ4v) is 4.02. The molecule has 0 N–H and O–H groups in total. The Hall–Kier alpha value is -1.20. The van der Waals surface area contributed by atoms with E-state index in [-0.39, 0.29) is 11.5 Å². The van der Waals surface area contributed by atoms with Gasteiger partial charge < -0.3 is 0 Å². The molecule has 0 unspecified atom stereocenters. The van der Waals surface area contributed by atoms with E-state index in [4.69, 9.17) is 0 Å². The molecule has 0 radical (unpaired) electrons. The van der Waals surface area contributed by atoms with Gasteiger partial charge in [-0.2, -0.15) is 0 Å². The molecule has 0 aliphatic heterocycles. The second kappa shape index (κ2) is 8.22. The number of benzene rings is 1. The lowest BCUT2D eigenvalue weighted by Crippen LogP contribution is -2.29. The summed E-state index contributed by atoms with van der Waals surface area (Å²) < 4.78 is 81.8. The smallest absolute Gasteiger partial charge is 0.207 e. The molecule has 1 aromatic rings. The van der Waals surface area contributed by atoms with Gasteiger partial charge in [0, 0.05) is 6.42 Å². The molecule has 2 rings (SSSR count). The van der Waals surface area contributed by atoms with Crippen LogP contribution in [0.3, 0.4) is 0 Å². The second-order valence-corrected chi connectivity index (χ2v) is 7.73. The Morgan fingerprint density at radius 2 is 1.58 bits per heavy atom. The minimum Gasteiger partial charge on any atom is -0.207 e. The molecule has 0 atom stereocenters. The number of halogens is 6. The molecule has 0 nitrogen and oxygen atoms in total. The Morgan fingerprint density at radius 3 is 2.12 bits per heavy atom. The average molecular weight is 380 g/mol. The Morgan fingerprint density at radius 1 is 0.962 bits per heavy atom. The van der Waals surface area contributed by atoms with Crippen molar-refractivity contribution in [2.75, 3.05) is 0 Å². The molecule has 1 saturated carbocycles. The van der Waals surface area contributed by atoms with Crippen molar-refractivity contribution in [3.05, 3.63) is 34.9 Å². The van der Waals surface area contributed by atoms with E-state index in [1.165, 1.54) is 6.07 Å². The zero-order valence-electron chi connectivity index (χ0n) is 15.2. The van der Waals surface area contributed by atoms with Crippen molar-refractivity contribution in [3.8, 4) is 0 Å². The zero-order valence-corrected chi connectivity index (χ0v) is 15.2. The fraction of sp³-hybridized carbons (Fsp3) is 0.700. The first-order valence-corrected chi connectivity index (χ1v) is 9.25. The molecular formula is C20H26F6. The number of hydrogen-bond donors (Lipinski definition) is 0. The largest absolute Gasteiger partial charge is 0.257 e. The van der Waals surface area contributed by atoms with Gasteiger partial charge in [-0.05, 0) is 55.6 Å². The van der Waals surface area contributed by atoms with Crippen molar-refractivity contribution in [2.24, 2.45) is 5.92 Å².